The number of aliphatic hydroxyl groups excluding tert-OH is 8. The largest absolute Gasteiger partial charge is 0.394 e. The zero-order valence-electron chi connectivity index (χ0n) is 27.7. The summed E-state index contributed by atoms with van der Waals surface area (Å²) in [7, 11) is 1.50. The molecule has 11 unspecified atom stereocenters. The molecule has 1 spiro atoms. The van der Waals surface area contributed by atoms with Gasteiger partial charge in [-0.3, -0.25) is 4.79 Å². The van der Waals surface area contributed by atoms with Gasteiger partial charge in [0.05, 0.1) is 13.2 Å². The predicted octanol–water partition coefficient (Wildman–Crippen LogP) is -2.00. The minimum absolute atomic E-state index is 0.0981. The van der Waals surface area contributed by atoms with Gasteiger partial charge in [-0.05, 0) is 66.3 Å². The van der Waals surface area contributed by atoms with E-state index in [0.29, 0.717) is 37.1 Å². The third-order valence-corrected chi connectivity index (χ3v) is 10.5. The minimum atomic E-state index is -1.54. The molecule has 3 heterocycles. The number of fused-ring (bicyclic) bond motifs is 5. The SMILES string of the molecule is COC(C)C(=O)N1CCC2(CC1)c1cc(C#CC3OC(CO)C(O)C(O)C3O)ccc1-c1ccc(C#CC3OC(CO)C(O)C(O)C3O)cc12. The summed E-state index contributed by atoms with van der Waals surface area (Å²) in [6.45, 7) is 1.54. The van der Waals surface area contributed by atoms with Crippen LogP contribution in [0.5, 0.6) is 0 Å². The number of amides is 1. The molecule has 0 radical (unpaired) electrons. The van der Waals surface area contributed by atoms with Gasteiger partial charge in [-0.1, -0.05) is 35.8 Å². The summed E-state index contributed by atoms with van der Waals surface area (Å²) in [6, 6.07) is 11.5. The lowest BCUT2D eigenvalue weighted by molar-refractivity contribution is -0.214. The van der Waals surface area contributed by atoms with E-state index in [2.05, 4.69) is 23.7 Å². The molecule has 4 aliphatic rings. The molecule has 11 atom stereocenters. The van der Waals surface area contributed by atoms with Gasteiger partial charge in [0.15, 0.2) is 0 Å². The van der Waals surface area contributed by atoms with Gasteiger partial charge in [0.1, 0.15) is 67.1 Å². The van der Waals surface area contributed by atoms with Crippen LogP contribution < -0.4 is 0 Å². The maximum absolute atomic E-state index is 13.0. The fourth-order valence-electron chi connectivity index (χ4n) is 7.41. The summed E-state index contributed by atoms with van der Waals surface area (Å²) in [4.78, 5) is 14.8. The highest BCUT2D eigenvalue weighted by Gasteiger charge is 2.47. The Morgan fingerprint density at radius 3 is 1.62 bits per heavy atom. The number of rotatable bonds is 4. The van der Waals surface area contributed by atoms with Crippen LogP contribution in [0.1, 0.15) is 42.0 Å². The van der Waals surface area contributed by atoms with E-state index < -0.39 is 85.8 Å². The Balaban J connectivity index is 1.34. The number of methoxy groups -OCH3 is 1. The van der Waals surface area contributed by atoms with Crippen molar-refractivity contribution >= 4 is 5.91 Å². The standard InChI is InChI=1S/C37H43NO12/c1-19(48-2)36(47)38-13-11-37(12-14-38)24-15-20(5-9-26-30(41)34(45)32(43)28(17-39)49-26)3-7-22(24)23-8-4-21(16-25(23)37)6-10-27-31(42)35(46)33(44)29(18-40)50-27/h3-4,7-8,15-16,19,26-35,39-46H,11-14,17-18H2,1-2H3. The first-order valence-electron chi connectivity index (χ1n) is 16.7. The summed E-state index contributed by atoms with van der Waals surface area (Å²) in [5.74, 6) is 11.7. The van der Waals surface area contributed by atoms with Crippen molar-refractivity contribution < 1.29 is 59.9 Å². The first-order chi connectivity index (χ1) is 23.9. The van der Waals surface area contributed by atoms with Crippen LogP contribution >= 0.6 is 0 Å². The van der Waals surface area contributed by atoms with Gasteiger partial charge < -0.3 is 60.0 Å². The van der Waals surface area contributed by atoms with Crippen LogP contribution in [-0.4, -0.2) is 152 Å². The molecule has 13 nitrogen and oxygen atoms in total. The predicted molar refractivity (Wildman–Crippen MR) is 176 cm³/mol. The normalized spacial score (nSPS) is 33.4. The second-order valence-electron chi connectivity index (χ2n) is 13.3. The zero-order valence-corrected chi connectivity index (χ0v) is 27.7. The Morgan fingerprint density at radius 1 is 0.780 bits per heavy atom. The van der Waals surface area contributed by atoms with Crippen LogP contribution in [0.15, 0.2) is 36.4 Å². The summed E-state index contributed by atoms with van der Waals surface area (Å²) in [5.41, 5.74) is 4.66. The molecule has 3 fully saturated rings. The van der Waals surface area contributed by atoms with E-state index >= 15 is 0 Å². The van der Waals surface area contributed by atoms with E-state index in [-0.39, 0.29) is 5.91 Å². The molecule has 50 heavy (non-hydrogen) atoms. The molecule has 6 rings (SSSR count). The second kappa shape index (κ2) is 14.7. The number of hydrogen-bond donors (Lipinski definition) is 8. The number of ether oxygens (including phenoxy) is 3. The Hall–Kier alpha value is -3.41. The zero-order chi connectivity index (χ0) is 35.9. The average Bonchev–Trinajstić information content (AvgIpc) is 3.39. The number of hydrogen-bond acceptors (Lipinski definition) is 12. The van der Waals surface area contributed by atoms with Crippen molar-refractivity contribution in [3.05, 3.63) is 58.7 Å². The van der Waals surface area contributed by atoms with Crippen molar-refractivity contribution in [3.8, 4) is 34.8 Å². The lowest BCUT2D eigenvalue weighted by Crippen LogP contribution is -2.58. The van der Waals surface area contributed by atoms with Crippen molar-refractivity contribution in [2.24, 2.45) is 0 Å². The lowest BCUT2D eigenvalue weighted by atomic mass is 9.70. The van der Waals surface area contributed by atoms with Crippen molar-refractivity contribution in [3.63, 3.8) is 0 Å². The number of carbonyl (C=O) groups excluding carboxylic acids is 1. The summed E-state index contributed by atoms with van der Waals surface area (Å²) >= 11 is 0. The molecular weight excluding hydrogens is 650 g/mol. The number of aliphatic hydroxyl groups is 8. The molecule has 8 N–H and O–H groups in total. The van der Waals surface area contributed by atoms with E-state index in [1.54, 1.807) is 11.8 Å². The van der Waals surface area contributed by atoms with Crippen molar-refractivity contribution in [2.75, 3.05) is 33.4 Å². The van der Waals surface area contributed by atoms with Gasteiger partial charge in [0, 0.05) is 36.7 Å². The minimum Gasteiger partial charge on any atom is -0.394 e. The smallest absolute Gasteiger partial charge is 0.251 e. The summed E-state index contributed by atoms with van der Waals surface area (Å²) in [5, 5.41) is 80.8. The van der Waals surface area contributed by atoms with Crippen LogP contribution in [0.25, 0.3) is 11.1 Å². The van der Waals surface area contributed by atoms with Crippen LogP contribution in [0.4, 0.5) is 0 Å². The molecular formula is C37H43NO12. The Bertz CT molecular complexity index is 1590. The quantitative estimate of drug-likeness (QED) is 0.164. The van der Waals surface area contributed by atoms with Gasteiger partial charge in [0.2, 0.25) is 0 Å². The number of benzene rings is 2. The Morgan fingerprint density at radius 2 is 1.22 bits per heavy atom. The van der Waals surface area contributed by atoms with E-state index in [1.807, 2.05) is 36.4 Å². The van der Waals surface area contributed by atoms with Crippen LogP contribution in [0.2, 0.25) is 0 Å². The summed E-state index contributed by atoms with van der Waals surface area (Å²) < 4.78 is 16.4. The maximum Gasteiger partial charge on any atom is 0.251 e. The average molecular weight is 694 g/mol. The topological polar surface area (TPSA) is 210 Å². The Labute approximate surface area is 289 Å². The van der Waals surface area contributed by atoms with Crippen molar-refractivity contribution in [1.29, 1.82) is 0 Å². The van der Waals surface area contributed by atoms with E-state index in [9.17, 15) is 45.6 Å². The van der Waals surface area contributed by atoms with Crippen molar-refractivity contribution in [1.82, 2.24) is 4.90 Å². The maximum atomic E-state index is 13.0. The highest BCUT2D eigenvalue weighted by molar-refractivity contribution is 5.84. The molecule has 268 valence electrons. The molecule has 3 aliphatic heterocycles. The first-order valence-corrected chi connectivity index (χ1v) is 16.7. The molecule has 0 saturated carbocycles. The van der Waals surface area contributed by atoms with Gasteiger partial charge in [-0.25, -0.2) is 0 Å². The Kier molecular flexibility index (Phi) is 10.7. The van der Waals surface area contributed by atoms with Gasteiger partial charge in [-0.2, -0.15) is 0 Å². The molecule has 3 saturated heterocycles. The highest BCUT2D eigenvalue weighted by Crippen LogP contribution is 2.54. The van der Waals surface area contributed by atoms with Crippen molar-refractivity contribution in [2.45, 2.75) is 92.3 Å². The van der Waals surface area contributed by atoms with Crippen LogP contribution in [0, 0.1) is 23.7 Å². The van der Waals surface area contributed by atoms with E-state index in [4.69, 9.17) is 14.2 Å². The number of likely N-dealkylation sites (tertiary alicyclic amines) is 1. The van der Waals surface area contributed by atoms with E-state index in [1.165, 1.54) is 7.11 Å². The monoisotopic (exact) mass is 693 g/mol. The number of piperidine rings is 1. The summed E-state index contributed by atoms with van der Waals surface area (Å²) in [6.07, 6.45) is -12.9. The fourth-order valence-corrected chi connectivity index (χ4v) is 7.41. The molecule has 13 heteroatoms. The molecule has 0 aromatic heterocycles. The molecule has 1 amide bonds. The van der Waals surface area contributed by atoms with Crippen LogP contribution in [-0.2, 0) is 24.4 Å². The van der Waals surface area contributed by atoms with E-state index in [0.717, 1.165) is 22.3 Å². The molecule has 0 bridgehead atoms. The van der Waals surface area contributed by atoms with Gasteiger partial charge in [0.25, 0.3) is 5.91 Å². The fraction of sp³-hybridized carbons (Fsp3) is 0.541. The highest BCUT2D eigenvalue weighted by atomic mass is 16.6. The first kappa shape index (κ1) is 36.4. The third-order valence-electron chi connectivity index (χ3n) is 10.5. The number of nitrogens with zero attached hydrogens (tertiary/aromatic N) is 1. The van der Waals surface area contributed by atoms with Gasteiger partial charge in [-0.15, -0.1) is 0 Å². The molecule has 2 aromatic carbocycles. The number of carbonyl (C=O) groups is 1. The van der Waals surface area contributed by atoms with Crippen LogP contribution in [0.3, 0.4) is 0 Å². The second-order valence-corrected chi connectivity index (χ2v) is 13.3. The lowest BCUT2D eigenvalue weighted by Gasteiger charge is -2.41. The third kappa shape index (κ3) is 6.45. The molecule has 2 aromatic rings. The molecule has 1 aliphatic carbocycles. The van der Waals surface area contributed by atoms with Gasteiger partial charge >= 0.3 is 0 Å².